The van der Waals surface area contributed by atoms with Gasteiger partial charge in [0.15, 0.2) is 0 Å². The molecule has 176 valence electrons. The van der Waals surface area contributed by atoms with E-state index in [1.54, 1.807) is 30.3 Å². The van der Waals surface area contributed by atoms with Crippen LogP contribution in [0.25, 0.3) is 0 Å². The normalized spacial score (nSPS) is 16.4. The van der Waals surface area contributed by atoms with Gasteiger partial charge in [0.25, 0.3) is 5.91 Å². The minimum Gasteiger partial charge on any atom is -0.351 e. The molecule has 0 fully saturated rings. The van der Waals surface area contributed by atoms with Crippen LogP contribution in [0.4, 0.5) is 11.4 Å². The summed E-state index contributed by atoms with van der Waals surface area (Å²) in [5.41, 5.74) is 1.96. The summed E-state index contributed by atoms with van der Waals surface area (Å²) >= 11 is 6.01. The number of carbonyl (C=O) groups is 1. The van der Waals surface area contributed by atoms with Crippen molar-refractivity contribution in [1.29, 1.82) is 0 Å². The van der Waals surface area contributed by atoms with Crippen molar-refractivity contribution < 1.29 is 21.6 Å². The van der Waals surface area contributed by atoms with Gasteiger partial charge in [-0.1, -0.05) is 23.7 Å². The summed E-state index contributed by atoms with van der Waals surface area (Å²) in [6.45, 7) is 0. The second kappa shape index (κ2) is 8.85. The number of halogens is 1. The zero-order valence-electron chi connectivity index (χ0n) is 17.4. The highest BCUT2D eigenvalue weighted by Gasteiger charge is 2.35. The first-order valence-electron chi connectivity index (χ1n) is 9.77. The first kappa shape index (κ1) is 23.9. The third-order valence-corrected chi connectivity index (χ3v) is 7.28. The minimum atomic E-state index is -3.89. The number of nitrogens with one attached hydrogen (secondary N) is 1. The maximum Gasteiger partial charge on any atom is 0.275 e. The number of hydrogen-bond acceptors (Lipinski definition) is 6. The Hall–Kier alpha value is -3.22. The average Bonchev–Trinajstić information content (AvgIpc) is 3.09. The fraction of sp³-hybridized carbons (Fsp3) is 0.0455. The highest BCUT2D eigenvalue weighted by molar-refractivity contribution is 7.89. The first-order chi connectivity index (χ1) is 15.9. The largest absolute Gasteiger partial charge is 0.351 e. The predicted octanol–water partition coefficient (Wildman–Crippen LogP) is 2.72. The predicted molar refractivity (Wildman–Crippen MR) is 129 cm³/mol. The van der Waals surface area contributed by atoms with Crippen molar-refractivity contribution in [2.75, 3.05) is 10.2 Å². The van der Waals surface area contributed by atoms with Crippen LogP contribution in [-0.4, -0.2) is 22.7 Å². The van der Waals surface area contributed by atoms with Crippen molar-refractivity contribution in [2.24, 2.45) is 10.3 Å². The van der Waals surface area contributed by atoms with Crippen LogP contribution in [0.5, 0.6) is 0 Å². The molecule has 1 atom stereocenters. The fourth-order valence-electron chi connectivity index (χ4n) is 3.52. The van der Waals surface area contributed by atoms with Crippen molar-refractivity contribution in [3.05, 3.63) is 95.2 Å². The number of hydrogen-bond donors (Lipinski definition) is 3. The smallest absolute Gasteiger partial charge is 0.275 e. The van der Waals surface area contributed by atoms with Gasteiger partial charge in [0.1, 0.15) is 5.70 Å². The van der Waals surface area contributed by atoms with Crippen LogP contribution >= 0.6 is 11.6 Å². The number of anilines is 2. The molecule has 12 heteroatoms. The van der Waals surface area contributed by atoms with Crippen LogP contribution < -0.4 is 20.5 Å². The Morgan fingerprint density at radius 2 is 1.26 bits per heavy atom. The third kappa shape index (κ3) is 4.98. The van der Waals surface area contributed by atoms with Gasteiger partial charge >= 0.3 is 0 Å². The molecule has 1 heterocycles. The van der Waals surface area contributed by atoms with E-state index in [1.807, 2.05) is 0 Å². The molecule has 0 saturated heterocycles. The Bertz CT molecular complexity index is 1490. The summed E-state index contributed by atoms with van der Waals surface area (Å²) in [5, 5.41) is 13.9. The zero-order valence-corrected chi connectivity index (χ0v) is 19.8. The Labute approximate surface area is 201 Å². The Morgan fingerprint density at radius 1 is 0.765 bits per heavy atom. The summed E-state index contributed by atoms with van der Waals surface area (Å²) in [4.78, 5) is 14.7. The lowest BCUT2D eigenvalue weighted by Gasteiger charge is -2.25. The lowest BCUT2D eigenvalue weighted by atomic mass is 10.1. The van der Waals surface area contributed by atoms with Gasteiger partial charge in [-0.2, -0.15) is 0 Å². The SMILES string of the molecule is NS(=O)(=O)c1ccc(NC2=C[C@@H](c3ccc(Cl)cc3)N(c3ccc(S(N)(=O)=O)cc3)C2=O)cc1. The van der Waals surface area contributed by atoms with E-state index in [0.29, 0.717) is 16.4 Å². The quantitative estimate of drug-likeness (QED) is 0.456. The van der Waals surface area contributed by atoms with E-state index in [2.05, 4.69) is 5.32 Å². The maximum absolute atomic E-state index is 13.4. The molecular formula is C22H19ClN4O5S2. The number of sulfonamides is 2. The van der Waals surface area contributed by atoms with Gasteiger partial charge in [-0.05, 0) is 72.3 Å². The van der Waals surface area contributed by atoms with Gasteiger partial charge in [-0.15, -0.1) is 0 Å². The van der Waals surface area contributed by atoms with Gasteiger partial charge in [0.2, 0.25) is 20.0 Å². The highest BCUT2D eigenvalue weighted by atomic mass is 35.5. The van der Waals surface area contributed by atoms with Crippen LogP contribution in [-0.2, 0) is 24.8 Å². The fourth-order valence-corrected chi connectivity index (χ4v) is 4.67. The van der Waals surface area contributed by atoms with E-state index >= 15 is 0 Å². The molecule has 5 N–H and O–H groups in total. The number of primary sulfonamides is 2. The van der Waals surface area contributed by atoms with Crippen LogP contribution in [0, 0.1) is 0 Å². The van der Waals surface area contributed by atoms with E-state index < -0.39 is 26.1 Å². The Kier molecular flexibility index (Phi) is 6.23. The lowest BCUT2D eigenvalue weighted by Crippen LogP contribution is -2.30. The number of amides is 1. The Morgan fingerprint density at radius 3 is 1.76 bits per heavy atom. The molecule has 0 bridgehead atoms. The number of benzene rings is 3. The summed E-state index contributed by atoms with van der Waals surface area (Å²) in [6, 6.07) is 17.8. The standard InChI is InChI=1S/C22H19ClN4O5S2/c23-15-3-1-14(2-4-15)21-13-20(26-16-5-9-18(10-6-16)33(24,29)30)22(28)27(21)17-7-11-19(12-8-17)34(25,31)32/h1-13,21,26H,(H2,24,29,30)(H2,25,31,32)/t21-/m0/s1. The van der Waals surface area contributed by atoms with Crippen molar-refractivity contribution in [1.82, 2.24) is 0 Å². The van der Waals surface area contributed by atoms with Crippen molar-refractivity contribution in [2.45, 2.75) is 15.8 Å². The molecule has 9 nitrogen and oxygen atoms in total. The van der Waals surface area contributed by atoms with Gasteiger partial charge in [-0.3, -0.25) is 9.69 Å². The van der Waals surface area contributed by atoms with Gasteiger partial charge in [0, 0.05) is 16.4 Å². The first-order valence-corrected chi connectivity index (χ1v) is 13.2. The third-order valence-electron chi connectivity index (χ3n) is 5.17. The average molecular weight is 519 g/mol. The number of nitrogens with zero attached hydrogens (tertiary/aromatic N) is 1. The molecule has 4 rings (SSSR count). The molecule has 0 spiro atoms. The van der Waals surface area contributed by atoms with Crippen LogP contribution in [0.1, 0.15) is 11.6 Å². The second-order valence-corrected chi connectivity index (χ2v) is 11.0. The van der Waals surface area contributed by atoms with Gasteiger partial charge in [0.05, 0.1) is 15.8 Å². The highest BCUT2D eigenvalue weighted by Crippen LogP contribution is 2.36. The zero-order chi connectivity index (χ0) is 24.7. The van der Waals surface area contributed by atoms with Crippen molar-refractivity contribution in [3.63, 3.8) is 0 Å². The molecule has 0 unspecified atom stereocenters. The molecule has 1 aliphatic heterocycles. The van der Waals surface area contributed by atoms with E-state index in [1.165, 1.54) is 53.4 Å². The van der Waals surface area contributed by atoms with E-state index in [0.717, 1.165) is 5.56 Å². The van der Waals surface area contributed by atoms with Crippen molar-refractivity contribution in [3.8, 4) is 0 Å². The molecule has 0 aromatic heterocycles. The lowest BCUT2D eigenvalue weighted by molar-refractivity contribution is -0.114. The monoisotopic (exact) mass is 518 g/mol. The summed E-state index contributed by atoms with van der Waals surface area (Å²) < 4.78 is 46.2. The molecule has 34 heavy (non-hydrogen) atoms. The number of nitrogens with two attached hydrogens (primary N) is 2. The molecule has 1 aliphatic rings. The van der Waals surface area contributed by atoms with E-state index in [9.17, 15) is 21.6 Å². The molecule has 1 amide bonds. The van der Waals surface area contributed by atoms with Crippen LogP contribution in [0.3, 0.4) is 0 Å². The number of rotatable bonds is 6. The number of carbonyl (C=O) groups excluding carboxylic acids is 1. The second-order valence-electron chi connectivity index (χ2n) is 7.49. The van der Waals surface area contributed by atoms with E-state index in [4.69, 9.17) is 21.9 Å². The van der Waals surface area contributed by atoms with E-state index in [-0.39, 0.29) is 21.4 Å². The molecule has 0 aliphatic carbocycles. The molecule has 3 aromatic carbocycles. The van der Waals surface area contributed by atoms with Crippen molar-refractivity contribution >= 4 is 48.9 Å². The van der Waals surface area contributed by atoms with Crippen LogP contribution in [0.15, 0.2) is 94.4 Å². The summed E-state index contributed by atoms with van der Waals surface area (Å²) in [6.07, 6.45) is 1.72. The molecular weight excluding hydrogens is 500 g/mol. The Balaban J connectivity index is 1.70. The summed E-state index contributed by atoms with van der Waals surface area (Å²) in [5.74, 6) is -0.376. The van der Waals surface area contributed by atoms with Gasteiger partial charge in [-0.25, -0.2) is 27.1 Å². The van der Waals surface area contributed by atoms with Gasteiger partial charge < -0.3 is 5.32 Å². The topological polar surface area (TPSA) is 153 Å². The molecule has 3 aromatic rings. The molecule has 0 radical (unpaired) electrons. The summed E-state index contributed by atoms with van der Waals surface area (Å²) in [7, 11) is -7.73. The van der Waals surface area contributed by atoms with Crippen LogP contribution in [0.2, 0.25) is 5.02 Å². The molecule has 0 saturated carbocycles. The minimum absolute atomic E-state index is 0.0552. The maximum atomic E-state index is 13.4.